The molecular formula is C26H20FN3O4. The lowest BCUT2D eigenvalue weighted by molar-refractivity contribution is -0.148. The smallest absolute Gasteiger partial charge is 0.326 e. The van der Waals surface area contributed by atoms with Crippen molar-refractivity contribution in [2.45, 2.75) is 13.0 Å². The topological polar surface area (TPSA) is 92.4 Å². The normalized spacial score (nSPS) is 10.7. The van der Waals surface area contributed by atoms with Crippen molar-refractivity contribution < 1.29 is 18.7 Å². The van der Waals surface area contributed by atoms with Crippen LogP contribution in [-0.4, -0.2) is 29.6 Å². The molecule has 0 bridgehead atoms. The fraction of sp³-hybridized carbons (Fsp3) is 0.154. The number of anilines is 1. The number of nitriles is 1. The van der Waals surface area contributed by atoms with Crippen LogP contribution < -0.4 is 10.3 Å². The molecule has 170 valence electrons. The Morgan fingerprint density at radius 3 is 2.15 bits per heavy atom. The number of halogens is 1. The Morgan fingerprint density at radius 1 is 0.941 bits per heavy atom. The Bertz CT molecular complexity index is 1430. The van der Waals surface area contributed by atoms with Crippen molar-refractivity contribution in [3.05, 3.63) is 88.8 Å². The first-order valence-electron chi connectivity index (χ1n) is 10.6. The average Bonchev–Trinajstić information content (AvgIpc) is 2.86. The molecule has 0 aliphatic rings. The van der Waals surface area contributed by atoms with Gasteiger partial charge in [0.1, 0.15) is 12.4 Å². The van der Waals surface area contributed by atoms with E-state index >= 15 is 0 Å². The monoisotopic (exact) mass is 457 g/mol. The predicted molar refractivity (Wildman–Crippen MR) is 126 cm³/mol. The molecule has 0 radical (unpaired) electrons. The van der Waals surface area contributed by atoms with Crippen LogP contribution in [0.1, 0.15) is 6.42 Å². The number of nitrogens with zero attached hydrogens (tertiary/aromatic N) is 3. The number of aromatic nitrogens is 1. The summed E-state index contributed by atoms with van der Waals surface area (Å²) in [6.45, 7) is -0.885. The van der Waals surface area contributed by atoms with E-state index in [0.29, 0.717) is 21.8 Å². The molecule has 0 saturated heterocycles. The van der Waals surface area contributed by atoms with Crippen LogP contribution in [-0.2, 0) is 20.9 Å². The number of esters is 1. The van der Waals surface area contributed by atoms with Crippen molar-refractivity contribution >= 4 is 39.4 Å². The summed E-state index contributed by atoms with van der Waals surface area (Å²) in [5.41, 5.74) is 1.01. The number of amides is 1. The molecule has 8 heteroatoms. The van der Waals surface area contributed by atoms with Crippen molar-refractivity contribution in [2.24, 2.45) is 0 Å². The van der Waals surface area contributed by atoms with Crippen LogP contribution in [0.5, 0.6) is 0 Å². The molecule has 0 aliphatic carbocycles. The van der Waals surface area contributed by atoms with Crippen molar-refractivity contribution in [3.63, 3.8) is 0 Å². The van der Waals surface area contributed by atoms with E-state index < -0.39 is 24.3 Å². The molecule has 0 unspecified atom stereocenters. The minimum Gasteiger partial charge on any atom is -0.454 e. The molecule has 34 heavy (non-hydrogen) atoms. The maximum Gasteiger partial charge on any atom is 0.326 e. The van der Waals surface area contributed by atoms with Crippen LogP contribution in [0.2, 0.25) is 0 Å². The van der Waals surface area contributed by atoms with Gasteiger partial charge in [-0.3, -0.25) is 14.4 Å². The highest BCUT2D eigenvalue weighted by atomic mass is 19.1. The first-order valence-corrected chi connectivity index (χ1v) is 10.6. The third kappa shape index (κ3) is 4.50. The second-order valence-corrected chi connectivity index (χ2v) is 7.52. The zero-order valence-electron chi connectivity index (χ0n) is 18.1. The zero-order valence-corrected chi connectivity index (χ0v) is 18.1. The lowest BCUT2D eigenvalue weighted by Gasteiger charge is -2.22. The highest BCUT2D eigenvalue weighted by molar-refractivity contribution is 5.96. The number of hydrogen-bond donors (Lipinski definition) is 0. The largest absolute Gasteiger partial charge is 0.454 e. The molecule has 0 aliphatic heterocycles. The molecular weight excluding hydrogens is 437 g/mol. The summed E-state index contributed by atoms with van der Waals surface area (Å²) in [5.74, 6) is -1.96. The first kappa shape index (κ1) is 22.7. The molecule has 0 N–H and O–H groups in total. The Kier molecular flexibility index (Phi) is 6.64. The van der Waals surface area contributed by atoms with Gasteiger partial charge in [-0.25, -0.2) is 4.39 Å². The third-order valence-electron chi connectivity index (χ3n) is 5.41. The van der Waals surface area contributed by atoms with E-state index in [1.807, 2.05) is 6.07 Å². The zero-order chi connectivity index (χ0) is 24.1. The van der Waals surface area contributed by atoms with Crippen molar-refractivity contribution in [1.29, 1.82) is 5.26 Å². The Labute approximate surface area is 194 Å². The predicted octanol–water partition coefficient (Wildman–Crippen LogP) is 3.78. The van der Waals surface area contributed by atoms with Crippen LogP contribution in [0.4, 0.5) is 10.1 Å². The van der Waals surface area contributed by atoms with Gasteiger partial charge < -0.3 is 14.2 Å². The Hall–Kier alpha value is -4.51. The molecule has 3 aromatic carbocycles. The fourth-order valence-corrected chi connectivity index (χ4v) is 3.85. The van der Waals surface area contributed by atoms with Gasteiger partial charge in [-0.1, -0.05) is 36.4 Å². The molecule has 4 aromatic rings. The molecule has 0 spiro atoms. The van der Waals surface area contributed by atoms with Crippen molar-refractivity contribution in [3.8, 4) is 6.07 Å². The van der Waals surface area contributed by atoms with Gasteiger partial charge in [-0.2, -0.15) is 5.26 Å². The van der Waals surface area contributed by atoms with E-state index in [4.69, 9.17) is 10.00 Å². The van der Waals surface area contributed by atoms with Crippen LogP contribution in [0.3, 0.4) is 0 Å². The second-order valence-electron chi connectivity index (χ2n) is 7.52. The Balaban J connectivity index is 1.57. The van der Waals surface area contributed by atoms with Gasteiger partial charge in [0, 0.05) is 17.3 Å². The highest BCUT2D eigenvalue weighted by Gasteiger charge is 2.21. The van der Waals surface area contributed by atoms with Crippen molar-refractivity contribution in [1.82, 2.24) is 4.57 Å². The molecule has 0 saturated carbocycles. The maximum atomic E-state index is 14.2. The molecule has 0 atom stereocenters. The van der Waals surface area contributed by atoms with Gasteiger partial charge in [0.05, 0.1) is 29.2 Å². The quantitative estimate of drug-likeness (QED) is 0.311. The number of fused-ring (bicyclic) bond motifs is 2. The number of carbonyl (C=O) groups excluding carboxylic acids is 2. The fourth-order valence-electron chi connectivity index (χ4n) is 3.85. The van der Waals surface area contributed by atoms with E-state index in [-0.39, 0.29) is 30.6 Å². The summed E-state index contributed by atoms with van der Waals surface area (Å²) in [4.78, 5) is 39.4. The van der Waals surface area contributed by atoms with Gasteiger partial charge in [-0.05, 0) is 36.4 Å². The van der Waals surface area contributed by atoms with Gasteiger partial charge >= 0.3 is 5.97 Å². The van der Waals surface area contributed by atoms with E-state index in [1.165, 1.54) is 18.2 Å². The van der Waals surface area contributed by atoms with E-state index in [0.717, 1.165) is 4.90 Å². The van der Waals surface area contributed by atoms with E-state index in [9.17, 15) is 18.8 Å². The standard InChI is InChI=1S/C26H20FN3O4/c27-20-10-3-6-13-23(20)29(15-7-14-28)24(31)17-34-25(32)16-30-21-11-4-1-8-18(21)26(33)19-9-2-5-12-22(19)30/h1-6,8-13H,7,15-17H2. The number of pyridine rings is 1. The summed E-state index contributed by atoms with van der Waals surface area (Å²) in [5, 5.41) is 9.83. The lowest BCUT2D eigenvalue weighted by atomic mass is 10.1. The number of benzene rings is 3. The van der Waals surface area contributed by atoms with Gasteiger partial charge in [-0.15, -0.1) is 0 Å². The van der Waals surface area contributed by atoms with Gasteiger partial charge in [0.25, 0.3) is 5.91 Å². The Morgan fingerprint density at radius 2 is 1.53 bits per heavy atom. The van der Waals surface area contributed by atoms with Crippen molar-refractivity contribution in [2.75, 3.05) is 18.1 Å². The number of carbonyl (C=O) groups is 2. The van der Waals surface area contributed by atoms with Crippen LogP contribution in [0.25, 0.3) is 21.8 Å². The molecule has 4 rings (SSSR count). The van der Waals surface area contributed by atoms with E-state index in [2.05, 4.69) is 0 Å². The minimum atomic E-state index is -0.693. The second kappa shape index (κ2) is 9.96. The number of ether oxygens (including phenoxy) is 1. The average molecular weight is 457 g/mol. The van der Waals surface area contributed by atoms with Crippen LogP contribution in [0, 0.1) is 17.1 Å². The van der Waals surface area contributed by atoms with Crippen LogP contribution in [0.15, 0.2) is 77.6 Å². The van der Waals surface area contributed by atoms with Gasteiger partial charge in [0.15, 0.2) is 12.0 Å². The minimum absolute atomic E-state index is 0.0104. The summed E-state index contributed by atoms with van der Waals surface area (Å²) in [6.07, 6.45) is -0.0105. The third-order valence-corrected chi connectivity index (χ3v) is 5.41. The lowest BCUT2D eigenvalue weighted by Crippen LogP contribution is -2.36. The number of para-hydroxylation sites is 3. The summed E-state index contributed by atoms with van der Waals surface area (Å²) in [7, 11) is 0. The molecule has 1 heterocycles. The molecule has 1 amide bonds. The maximum absolute atomic E-state index is 14.2. The van der Waals surface area contributed by atoms with Gasteiger partial charge in [0.2, 0.25) is 0 Å². The molecule has 1 aromatic heterocycles. The van der Waals surface area contributed by atoms with Crippen LogP contribution >= 0.6 is 0 Å². The highest BCUT2D eigenvalue weighted by Crippen LogP contribution is 2.21. The SMILES string of the molecule is N#CCCN(C(=O)COC(=O)Cn1c2ccccc2c(=O)c2ccccc21)c1ccccc1F. The summed E-state index contributed by atoms with van der Waals surface area (Å²) >= 11 is 0. The molecule has 0 fully saturated rings. The number of hydrogen-bond acceptors (Lipinski definition) is 5. The summed E-state index contributed by atoms with van der Waals surface area (Å²) < 4.78 is 21.1. The number of rotatable bonds is 7. The molecule has 7 nitrogen and oxygen atoms in total. The van der Waals surface area contributed by atoms with E-state index in [1.54, 1.807) is 59.2 Å². The first-order chi connectivity index (χ1) is 16.5. The summed E-state index contributed by atoms with van der Waals surface area (Å²) in [6, 6.07) is 21.5.